The van der Waals surface area contributed by atoms with Crippen LogP contribution in [-0.4, -0.2) is 38.1 Å². The number of hydrogen-bond donors (Lipinski definition) is 1. The Morgan fingerprint density at radius 1 is 1.00 bits per heavy atom. The van der Waals surface area contributed by atoms with Gasteiger partial charge in [-0.2, -0.15) is 15.1 Å². The number of carbonyl (C=O) groups excluding carboxylic acids is 1. The number of hydrogen-bond acceptors (Lipinski definition) is 5. The number of amides is 1. The highest BCUT2D eigenvalue weighted by atomic mass is 35.5. The van der Waals surface area contributed by atoms with Gasteiger partial charge in [-0.05, 0) is 49.0 Å². The van der Waals surface area contributed by atoms with Gasteiger partial charge in [-0.1, -0.05) is 71.7 Å². The lowest BCUT2D eigenvalue weighted by atomic mass is 10.1. The Bertz CT molecular complexity index is 1760. The molecule has 0 spiro atoms. The summed E-state index contributed by atoms with van der Waals surface area (Å²) in [5, 5.41) is 17.8. The third kappa shape index (κ3) is 4.65. The molecule has 0 saturated carbocycles. The van der Waals surface area contributed by atoms with Crippen LogP contribution >= 0.6 is 35.0 Å². The molecule has 1 amide bonds. The normalized spacial score (nSPS) is 16.1. The van der Waals surface area contributed by atoms with Gasteiger partial charge in [-0.25, -0.2) is 0 Å². The van der Waals surface area contributed by atoms with Gasteiger partial charge in [-0.3, -0.25) is 10.2 Å². The number of aromatic nitrogens is 1. The molecule has 4 aromatic rings. The summed E-state index contributed by atoms with van der Waals surface area (Å²) in [5.41, 5.74) is 3.68. The van der Waals surface area contributed by atoms with E-state index < -0.39 is 5.91 Å². The van der Waals surface area contributed by atoms with Crippen molar-refractivity contribution in [3.63, 3.8) is 0 Å². The molecule has 7 nitrogen and oxygen atoms in total. The monoisotopic (exact) mass is 573 g/mol. The number of fused-ring (bicyclic) bond motifs is 2. The van der Waals surface area contributed by atoms with Crippen LogP contribution in [0.2, 0.25) is 10.0 Å². The lowest BCUT2D eigenvalue weighted by Crippen LogP contribution is -2.35. The van der Waals surface area contributed by atoms with Gasteiger partial charge in [0.05, 0.1) is 22.2 Å². The molecule has 0 atom stereocenters. The van der Waals surface area contributed by atoms with E-state index in [1.807, 2.05) is 67.6 Å². The smallest absolute Gasteiger partial charge is 0.283 e. The van der Waals surface area contributed by atoms with Gasteiger partial charge in [0, 0.05) is 27.7 Å². The molecule has 1 aromatic heterocycles. The maximum atomic E-state index is 13.1. The molecule has 2 aliphatic heterocycles. The highest BCUT2D eigenvalue weighted by molar-refractivity contribution is 8.27. The van der Waals surface area contributed by atoms with Gasteiger partial charge in [0.2, 0.25) is 5.17 Å². The number of para-hydroxylation sites is 2. The van der Waals surface area contributed by atoms with Crippen molar-refractivity contribution >= 4 is 73.9 Å². The van der Waals surface area contributed by atoms with Gasteiger partial charge < -0.3 is 9.30 Å². The molecule has 6 rings (SSSR count). The molecular formula is C29H21Cl2N5O2S. The summed E-state index contributed by atoms with van der Waals surface area (Å²) in [6, 6.07) is 22.7. The summed E-state index contributed by atoms with van der Waals surface area (Å²) in [6.45, 7) is 2.97. The van der Waals surface area contributed by atoms with Gasteiger partial charge in [0.1, 0.15) is 17.4 Å². The van der Waals surface area contributed by atoms with Crippen LogP contribution in [0.25, 0.3) is 17.0 Å². The van der Waals surface area contributed by atoms with E-state index in [-0.39, 0.29) is 11.4 Å². The highest BCUT2D eigenvalue weighted by Crippen LogP contribution is 2.34. The average Bonchev–Trinajstić information content (AvgIpc) is 3.47. The van der Waals surface area contributed by atoms with Crippen molar-refractivity contribution < 1.29 is 9.53 Å². The number of aliphatic imine (C=N–C) groups is 1. The molecule has 0 bridgehead atoms. The predicted octanol–water partition coefficient (Wildman–Crippen LogP) is 7.00. The van der Waals surface area contributed by atoms with Crippen molar-refractivity contribution in [2.45, 2.75) is 13.5 Å². The fourth-order valence-electron chi connectivity index (χ4n) is 4.62. The maximum Gasteiger partial charge on any atom is 0.283 e. The lowest BCUT2D eigenvalue weighted by Gasteiger charge is -2.20. The first-order chi connectivity index (χ1) is 18.9. The summed E-state index contributed by atoms with van der Waals surface area (Å²) in [6.07, 6.45) is 1.74. The van der Waals surface area contributed by atoms with Crippen molar-refractivity contribution in [2.24, 2.45) is 10.1 Å². The topological polar surface area (TPSA) is 83.0 Å². The quantitative estimate of drug-likeness (QED) is 0.251. The molecule has 0 saturated heterocycles. The number of carbonyl (C=O) groups is 1. The Morgan fingerprint density at radius 2 is 1.72 bits per heavy atom. The van der Waals surface area contributed by atoms with Crippen LogP contribution in [0, 0.1) is 12.3 Å². The number of thioether (sulfide) groups is 1. The van der Waals surface area contributed by atoms with Crippen LogP contribution in [0.1, 0.15) is 16.8 Å². The zero-order valence-corrected chi connectivity index (χ0v) is 23.0. The molecule has 194 valence electrons. The summed E-state index contributed by atoms with van der Waals surface area (Å²) in [5.74, 6) is 0.121. The van der Waals surface area contributed by atoms with Crippen molar-refractivity contribution in [3.05, 3.63) is 105 Å². The van der Waals surface area contributed by atoms with Crippen LogP contribution < -0.4 is 4.74 Å². The van der Waals surface area contributed by atoms with Gasteiger partial charge in [0.15, 0.2) is 5.84 Å². The summed E-state index contributed by atoms with van der Waals surface area (Å²) < 4.78 is 8.08. The Labute approximate surface area is 238 Å². The molecule has 0 radical (unpaired) electrons. The van der Waals surface area contributed by atoms with E-state index in [0.29, 0.717) is 39.2 Å². The minimum atomic E-state index is -0.479. The SMILES string of the molecule is Cc1c(C=C2C(=N)N3N=C(c4ccccc4Cl)SC3=NC2=O)c2ccccc2n1CCOc1ccccc1Cl. The molecule has 1 N–H and O–H groups in total. The average molecular weight is 574 g/mol. The second-order valence-corrected chi connectivity index (χ2v) is 10.6. The van der Waals surface area contributed by atoms with Crippen LogP contribution in [0.4, 0.5) is 0 Å². The van der Waals surface area contributed by atoms with Crippen LogP contribution in [0.15, 0.2) is 88.5 Å². The van der Waals surface area contributed by atoms with Crippen molar-refractivity contribution in [3.8, 4) is 5.75 Å². The summed E-state index contributed by atoms with van der Waals surface area (Å²) >= 11 is 13.8. The van der Waals surface area contributed by atoms with Gasteiger partial charge in [0.25, 0.3) is 5.91 Å². The zero-order chi connectivity index (χ0) is 27.1. The lowest BCUT2D eigenvalue weighted by molar-refractivity contribution is -0.114. The fourth-order valence-corrected chi connectivity index (χ4v) is 6.02. The molecular weight excluding hydrogens is 553 g/mol. The first-order valence-corrected chi connectivity index (χ1v) is 13.7. The van der Waals surface area contributed by atoms with E-state index in [0.717, 1.165) is 27.7 Å². The molecule has 0 aliphatic carbocycles. The number of hydrazone groups is 1. The van der Waals surface area contributed by atoms with E-state index in [4.69, 9.17) is 33.3 Å². The number of nitrogens with one attached hydrogen (secondary N) is 1. The first kappa shape index (κ1) is 25.4. The molecule has 0 unspecified atom stereocenters. The largest absolute Gasteiger partial charge is 0.490 e. The Kier molecular flexibility index (Phi) is 6.76. The number of benzene rings is 3. The summed E-state index contributed by atoms with van der Waals surface area (Å²) in [7, 11) is 0. The molecule has 2 aliphatic rings. The van der Waals surface area contributed by atoms with E-state index in [2.05, 4.69) is 14.7 Å². The number of halogens is 2. The van der Waals surface area contributed by atoms with E-state index in [9.17, 15) is 4.79 Å². The van der Waals surface area contributed by atoms with Gasteiger partial charge in [-0.15, -0.1) is 0 Å². The van der Waals surface area contributed by atoms with E-state index >= 15 is 0 Å². The van der Waals surface area contributed by atoms with Crippen LogP contribution in [0.3, 0.4) is 0 Å². The molecule has 0 fully saturated rings. The summed E-state index contributed by atoms with van der Waals surface area (Å²) in [4.78, 5) is 17.4. The Hall–Kier alpha value is -3.85. The maximum absolute atomic E-state index is 13.1. The van der Waals surface area contributed by atoms with E-state index in [1.165, 1.54) is 16.8 Å². The number of rotatable bonds is 6. The molecule has 10 heteroatoms. The standard InChI is InChI=1S/C29H21Cl2N5O2S/c1-17-20(18-8-3-6-12-24(18)35(17)14-15-38-25-13-7-5-11-23(25)31)16-21-26(32)36-29(33-27(21)37)39-28(34-36)19-9-2-4-10-22(19)30/h2-13,16,32H,14-15H2,1H3. The number of nitrogens with zero attached hydrogens (tertiary/aromatic N) is 4. The van der Waals surface area contributed by atoms with Crippen LogP contribution in [0.5, 0.6) is 5.75 Å². The highest BCUT2D eigenvalue weighted by Gasteiger charge is 2.36. The Morgan fingerprint density at radius 3 is 2.51 bits per heavy atom. The minimum Gasteiger partial charge on any atom is -0.490 e. The van der Waals surface area contributed by atoms with Crippen molar-refractivity contribution in [2.75, 3.05) is 6.61 Å². The molecule has 3 aromatic carbocycles. The Balaban J connectivity index is 1.33. The van der Waals surface area contributed by atoms with E-state index in [1.54, 1.807) is 18.2 Å². The third-order valence-electron chi connectivity index (χ3n) is 6.54. The third-order valence-corrected chi connectivity index (χ3v) is 8.12. The predicted molar refractivity (Wildman–Crippen MR) is 159 cm³/mol. The number of ether oxygens (including phenoxy) is 1. The van der Waals surface area contributed by atoms with Crippen molar-refractivity contribution in [1.82, 2.24) is 9.58 Å². The second kappa shape index (κ2) is 10.4. The molecule has 39 heavy (non-hydrogen) atoms. The zero-order valence-electron chi connectivity index (χ0n) is 20.7. The minimum absolute atomic E-state index is 0.0298. The first-order valence-electron chi connectivity index (χ1n) is 12.1. The second-order valence-electron chi connectivity index (χ2n) is 8.85. The molecule has 3 heterocycles. The number of amidine groups is 2. The van der Waals surface area contributed by atoms with Crippen molar-refractivity contribution in [1.29, 1.82) is 5.41 Å². The fraction of sp³-hybridized carbons (Fsp3) is 0.103. The van der Waals surface area contributed by atoms with Gasteiger partial charge >= 0.3 is 0 Å². The van der Waals surface area contributed by atoms with Crippen LogP contribution in [-0.2, 0) is 11.3 Å².